The number of hydrogen-bond donors (Lipinski definition) is 2. The molecule has 0 aromatic heterocycles. The average Bonchev–Trinajstić information content (AvgIpc) is 2.68. The van der Waals surface area contributed by atoms with Crippen molar-refractivity contribution in [3.05, 3.63) is 0 Å². The fraction of sp³-hybridized carbons (Fsp3) is 1.00. The van der Waals surface area contributed by atoms with Crippen molar-refractivity contribution in [3.63, 3.8) is 0 Å². The van der Waals surface area contributed by atoms with E-state index in [1.165, 1.54) is 103 Å². The summed E-state index contributed by atoms with van der Waals surface area (Å²) in [5, 5.41) is 0. The first-order chi connectivity index (χ1) is 14.0. The first-order valence-corrected chi connectivity index (χ1v) is 14.2. The molecule has 0 heterocycles. The van der Waals surface area contributed by atoms with Gasteiger partial charge in [-0.2, -0.15) is 0 Å². The molecule has 2 N–H and O–H groups in total. The summed E-state index contributed by atoms with van der Waals surface area (Å²) in [5.74, 6) is 0.289. The van der Waals surface area contributed by atoms with Crippen molar-refractivity contribution in [2.24, 2.45) is 5.92 Å². The van der Waals surface area contributed by atoms with Crippen molar-refractivity contribution in [1.82, 2.24) is 0 Å². The second-order valence-corrected chi connectivity index (χ2v) is 10.1. The molecular formula is C24H52KO4P. The summed E-state index contributed by atoms with van der Waals surface area (Å²) in [6.07, 6.45) is 25.6. The molecule has 0 spiro atoms. The molecule has 0 rings (SSSR count). The van der Waals surface area contributed by atoms with Gasteiger partial charge in [-0.3, -0.25) is 4.52 Å². The molecule has 0 saturated carbocycles. The molecule has 0 aliphatic heterocycles. The molecule has 0 saturated heterocycles. The third-order valence-electron chi connectivity index (χ3n) is 5.91. The van der Waals surface area contributed by atoms with E-state index in [2.05, 4.69) is 13.8 Å². The second-order valence-electron chi connectivity index (χ2n) is 8.89. The van der Waals surface area contributed by atoms with Gasteiger partial charge in [0.1, 0.15) is 0 Å². The third kappa shape index (κ3) is 27.8. The van der Waals surface area contributed by atoms with Gasteiger partial charge in [-0.05, 0) is 18.8 Å². The Bertz CT molecular complexity index is 376. The quantitative estimate of drug-likeness (QED) is 0.0897. The van der Waals surface area contributed by atoms with Gasteiger partial charge in [-0.15, -0.1) is 0 Å². The summed E-state index contributed by atoms with van der Waals surface area (Å²) >= 11 is 0. The molecule has 0 aromatic carbocycles. The summed E-state index contributed by atoms with van der Waals surface area (Å²) in [7, 11) is -4.35. The Kier molecular flexibility index (Phi) is 28.7. The van der Waals surface area contributed by atoms with Gasteiger partial charge in [0.2, 0.25) is 0 Å². The summed E-state index contributed by atoms with van der Waals surface area (Å²) < 4.78 is 15.9. The third-order valence-corrected chi connectivity index (χ3v) is 6.40. The molecule has 0 aliphatic carbocycles. The number of rotatable bonds is 23. The zero-order valence-corrected chi connectivity index (χ0v) is 20.5. The molecule has 0 amide bonds. The maximum absolute atomic E-state index is 11.1. The van der Waals surface area contributed by atoms with E-state index >= 15 is 0 Å². The van der Waals surface area contributed by atoms with E-state index in [4.69, 9.17) is 14.3 Å². The monoisotopic (exact) mass is 474 g/mol. The molecule has 0 bridgehead atoms. The van der Waals surface area contributed by atoms with Crippen LogP contribution in [-0.2, 0) is 9.09 Å². The Labute approximate surface area is 230 Å². The van der Waals surface area contributed by atoms with Crippen molar-refractivity contribution in [2.75, 3.05) is 6.61 Å². The molecular weight excluding hydrogens is 422 g/mol. The van der Waals surface area contributed by atoms with Crippen LogP contribution < -0.4 is 0 Å². The molecule has 1 unspecified atom stereocenters. The molecule has 4 nitrogen and oxygen atoms in total. The van der Waals surface area contributed by atoms with Crippen LogP contribution in [0.15, 0.2) is 0 Å². The Balaban J connectivity index is 0. The van der Waals surface area contributed by atoms with E-state index in [1.54, 1.807) is 0 Å². The van der Waals surface area contributed by atoms with Gasteiger partial charge in [-0.1, -0.05) is 129 Å². The molecule has 0 aliphatic rings. The van der Waals surface area contributed by atoms with Crippen LogP contribution in [0.2, 0.25) is 0 Å². The molecule has 178 valence electrons. The summed E-state index contributed by atoms with van der Waals surface area (Å²) in [6.45, 7) is 4.71. The normalized spacial score (nSPS) is 12.7. The van der Waals surface area contributed by atoms with Crippen molar-refractivity contribution in [2.45, 2.75) is 142 Å². The van der Waals surface area contributed by atoms with Crippen LogP contribution in [-0.4, -0.2) is 67.8 Å². The topological polar surface area (TPSA) is 66.8 Å². The van der Waals surface area contributed by atoms with Crippen LogP contribution in [0.3, 0.4) is 0 Å². The fourth-order valence-corrected chi connectivity index (χ4v) is 4.41. The zero-order chi connectivity index (χ0) is 21.6. The number of unbranched alkanes of at least 4 members (excludes halogenated alkanes) is 16. The average molecular weight is 475 g/mol. The van der Waals surface area contributed by atoms with Gasteiger partial charge in [0.25, 0.3) is 0 Å². The van der Waals surface area contributed by atoms with E-state index in [0.29, 0.717) is 0 Å². The van der Waals surface area contributed by atoms with Crippen molar-refractivity contribution < 1.29 is 18.9 Å². The minimum absolute atomic E-state index is 0. The second kappa shape index (κ2) is 25.4. The Morgan fingerprint density at radius 2 is 0.900 bits per heavy atom. The van der Waals surface area contributed by atoms with Crippen molar-refractivity contribution >= 4 is 59.2 Å². The van der Waals surface area contributed by atoms with Crippen LogP contribution in [0.4, 0.5) is 0 Å². The summed E-state index contributed by atoms with van der Waals surface area (Å²) in [4.78, 5) is 18.0. The van der Waals surface area contributed by atoms with Crippen LogP contribution >= 0.6 is 7.82 Å². The van der Waals surface area contributed by atoms with E-state index < -0.39 is 7.82 Å². The van der Waals surface area contributed by atoms with E-state index in [0.717, 1.165) is 25.7 Å². The molecule has 0 radical (unpaired) electrons. The zero-order valence-electron chi connectivity index (χ0n) is 19.6. The Hall–Kier alpha value is 1.75. The van der Waals surface area contributed by atoms with Gasteiger partial charge >= 0.3 is 59.2 Å². The standard InChI is InChI=1S/C24H51O4P.K.H/c1-3-5-7-9-11-13-14-16-18-20-22-24(23-28-29(25,26)27)21-19-17-15-12-10-8-6-4-2;;/h24H,3-23H2,1-2H3,(H2,25,26,27);;. The van der Waals surface area contributed by atoms with E-state index in [-0.39, 0.29) is 63.9 Å². The van der Waals surface area contributed by atoms with Crippen LogP contribution in [0.25, 0.3) is 0 Å². The Morgan fingerprint density at radius 3 is 1.20 bits per heavy atom. The SMILES string of the molecule is CCCCCCCCCCCCC(CCCCCCCCCC)COP(=O)(O)O.[KH]. The molecule has 30 heavy (non-hydrogen) atoms. The first-order valence-electron chi connectivity index (χ1n) is 12.7. The predicted octanol–water partition coefficient (Wildman–Crippen LogP) is 7.91. The van der Waals surface area contributed by atoms with Gasteiger partial charge in [0.15, 0.2) is 0 Å². The van der Waals surface area contributed by atoms with E-state index in [9.17, 15) is 4.57 Å². The van der Waals surface area contributed by atoms with Crippen molar-refractivity contribution in [1.29, 1.82) is 0 Å². The maximum atomic E-state index is 11.1. The predicted molar refractivity (Wildman–Crippen MR) is 132 cm³/mol. The van der Waals surface area contributed by atoms with Crippen LogP contribution in [0, 0.1) is 5.92 Å². The number of phosphoric ester groups is 1. The summed E-state index contributed by atoms with van der Waals surface area (Å²) in [5.41, 5.74) is 0. The van der Waals surface area contributed by atoms with Gasteiger partial charge in [-0.25, -0.2) is 4.57 Å². The van der Waals surface area contributed by atoms with Crippen molar-refractivity contribution in [3.8, 4) is 0 Å². The van der Waals surface area contributed by atoms with Crippen LogP contribution in [0.5, 0.6) is 0 Å². The molecule has 0 aromatic rings. The van der Waals surface area contributed by atoms with E-state index in [1.807, 2.05) is 0 Å². The summed E-state index contributed by atoms with van der Waals surface area (Å²) in [6, 6.07) is 0. The van der Waals surface area contributed by atoms with Crippen LogP contribution in [0.1, 0.15) is 142 Å². The fourth-order valence-electron chi connectivity index (χ4n) is 4.00. The Morgan fingerprint density at radius 1 is 0.600 bits per heavy atom. The first kappa shape index (κ1) is 33.9. The van der Waals surface area contributed by atoms with Gasteiger partial charge < -0.3 is 9.79 Å². The minimum atomic E-state index is -4.35. The number of hydrogen-bond acceptors (Lipinski definition) is 2. The molecule has 1 atom stereocenters. The molecule has 6 heteroatoms. The number of phosphoric acid groups is 1. The van der Waals surface area contributed by atoms with Gasteiger partial charge in [0, 0.05) is 0 Å². The van der Waals surface area contributed by atoms with Gasteiger partial charge in [0.05, 0.1) is 6.61 Å². The molecule has 0 fully saturated rings.